The van der Waals surface area contributed by atoms with Crippen molar-refractivity contribution in [2.24, 2.45) is 5.92 Å². The van der Waals surface area contributed by atoms with Crippen LogP contribution in [0.1, 0.15) is 45.6 Å². The summed E-state index contributed by atoms with van der Waals surface area (Å²) in [5.41, 5.74) is 0.183. The molecule has 1 atom stereocenters. The molecule has 0 bridgehead atoms. The minimum absolute atomic E-state index is 0.0272. The molecule has 0 aliphatic carbocycles. The van der Waals surface area contributed by atoms with E-state index in [4.69, 9.17) is 4.74 Å². The van der Waals surface area contributed by atoms with Crippen LogP contribution in [0, 0.1) is 5.92 Å². The summed E-state index contributed by atoms with van der Waals surface area (Å²) in [7, 11) is 1.62. The van der Waals surface area contributed by atoms with Gasteiger partial charge in [0.25, 0.3) is 0 Å². The minimum Gasteiger partial charge on any atom is -0.497 e. The summed E-state index contributed by atoms with van der Waals surface area (Å²) in [5, 5.41) is 3.00. The lowest BCUT2D eigenvalue weighted by atomic mass is 9.96. The molecule has 1 N–H and O–H groups in total. The van der Waals surface area contributed by atoms with E-state index in [1.54, 1.807) is 12.0 Å². The summed E-state index contributed by atoms with van der Waals surface area (Å²) in [6.45, 7) is 7.18. The Bertz CT molecular complexity index is 600. The van der Waals surface area contributed by atoms with Gasteiger partial charge in [-0.3, -0.25) is 9.59 Å². The maximum absolute atomic E-state index is 12.7. The van der Waals surface area contributed by atoms with Crippen LogP contribution in [0.3, 0.4) is 0 Å². The monoisotopic (exact) mass is 332 g/mol. The number of nitrogens with one attached hydrogen (secondary N) is 1. The number of amides is 2. The Labute approximate surface area is 144 Å². The maximum Gasteiger partial charge on any atom is 0.245 e. The van der Waals surface area contributed by atoms with E-state index in [-0.39, 0.29) is 11.8 Å². The Balaban J connectivity index is 2.10. The molecule has 0 aromatic heterocycles. The van der Waals surface area contributed by atoms with E-state index in [1.165, 1.54) is 0 Å². The lowest BCUT2D eigenvalue weighted by Crippen LogP contribution is -2.54. The molecule has 1 heterocycles. The molecule has 0 spiro atoms. The highest BCUT2D eigenvalue weighted by molar-refractivity contribution is 5.94. The van der Waals surface area contributed by atoms with Crippen LogP contribution < -0.4 is 10.1 Å². The number of benzene rings is 1. The van der Waals surface area contributed by atoms with Crippen LogP contribution in [0.2, 0.25) is 0 Å². The second-order valence-corrected chi connectivity index (χ2v) is 7.04. The SMILES string of the molecule is COc1cccc(CN2C(=O)CCC2(C)C(=O)NCCC(C)C)c1. The quantitative estimate of drug-likeness (QED) is 0.835. The Morgan fingerprint density at radius 2 is 2.17 bits per heavy atom. The largest absolute Gasteiger partial charge is 0.497 e. The molecule has 5 heteroatoms. The average Bonchev–Trinajstić information content (AvgIpc) is 2.84. The molecule has 1 unspecified atom stereocenters. The lowest BCUT2D eigenvalue weighted by molar-refractivity contribution is -0.141. The molecule has 1 fully saturated rings. The van der Waals surface area contributed by atoms with Crippen molar-refractivity contribution in [3.05, 3.63) is 29.8 Å². The van der Waals surface area contributed by atoms with Gasteiger partial charge in [-0.1, -0.05) is 26.0 Å². The first-order valence-electron chi connectivity index (χ1n) is 8.58. The Kier molecular flexibility index (Phi) is 5.86. The standard InChI is InChI=1S/C19H28N2O3/c1-14(2)9-11-20-18(23)19(3)10-8-17(22)21(19)13-15-6-5-7-16(12-15)24-4/h5-7,12,14H,8-11,13H2,1-4H3,(H,20,23). The number of hydrogen-bond acceptors (Lipinski definition) is 3. The molecule has 24 heavy (non-hydrogen) atoms. The number of carbonyl (C=O) groups excluding carboxylic acids is 2. The molecular formula is C19H28N2O3. The van der Waals surface area contributed by atoms with Crippen LogP contribution in [-0.4, -0.2) is 35.9 Å². The molecule has 1 aromatic rings. The zero-order valence-corrected chi connectivity index (χ0v) is 15.1. The highest BCUT2D eigenvalue weighted by atomic mass is 16.5. The number of hydrogen-bond donors (Lipinski definition) is 1. The minimum atomic E-state index is -0.781. The van der Waals surface area contributed by atoms with E-state index in [1.807, 2.05) is 31.2 Å². The highest BCUT2D eigenvalue weighted by Gasteiger charge is 2.46. The summed E-state index contributed by atoms with van der Waals surface area (Å²) in [4.78, 5) is 26.7. The van der Waals surface area contributed by atoms with Gasteiger partial charge in [0.05, 0.1) is 7.11 Å². The van der Waals surface area contributed by atoms with Crippen LogP contribution in [0.25, 0.3) is 0 Å². The fraction of sp³-hybridized carbons (Fsp3) is 0.579. The van der Waals surface area contributed by atoms with Gasteiger partial charge in [-0.05, 0) is 43.4 Å². The maximum atomic E-state index is 12.7. The van der Waals surface area contributed by atoms with Gasteiger partial charge in [0, 0.05) is 19.5 Å². The predicted molar refractivity (Wildman–Crippen MR) is 93.6 cm³/mol. The molecular weight excluding hydrogens is 304 g/mol. The molecule has 132 valence electrons. The van der Waals surface area contributed by atoms with E-state index in [2.05, 4.69) is 19.2 Å². The zero-order chi connectivity index (χ0) is 17.7. The van der Waals surface area contributed by atoms with Gasteiger partial charge in [0.2, 0.25) is 11.8 Å². The third-order valence-electron chi connectivity index (χ3n) is 4.69. The summed E-state index contributed by atoms with van der Waals surface area (Å²) < 4.78 is 5.24. The summed E-state index contributed by atoms with van der Waals surface area (Å²) in [6.07, 6.45) is 1.91. The molecule has 0 radical (unpaired) electrons. The summed E-state index contributed by atoms with van der Waals surface area (Å²) in [6, 6.07) is 7.62. The van der Waals surface area contributed by atoms with Crippen molar-refractivity contribution in [3.63, 3.8) is 0 Å². The summed E-state index contributed by atoms with van der Waals surface area (Å²) >= 11 is 0. The highest BCUT2D eigenvalue weighted by Crippen LogP contribution is 2.32. The molecule has 1 aliphatic rings. The van der Waals surface area contributed by atoms with E-state index in [0.29, 0.717) is 31.8 Å². The first-order chi connectivity index (χ1) is 11.4. The van der Waals surface area contributed by atoms with Gasteiger partial charge in [-0.2, -0.15) is 0 Å². The number of likely N-dealkylation sites (tertiary alicyclic amines) is 1. The lowest BCUT2D eigenvalue weighted by Gasteiger charge is -2.34. The fourth-order valence-electron chi connectivity index (χ4n) is 3.01. The van der Waals surface area contributed by atoms with Gasteiger partial charge in [-0.15, -0.1) is 0 Å². The van der Waals surface area contributed by atoms with Crippen LogP contribution in [-0.2, 0) is 16.1 Å². The normalized spacial score (nSPS) is 20.5. The van der Waals surface area contributed by atoms with Gasteiger partial charge < -0.3 is 15.0 Å². The molecule has 1 aromatic carbocycles. The summed E-state index contributed by atoms with van der Waals surface area (Å²) in [5.74, 6) is 1.26. The predicted octanol–water partition coefficient (Wildman–Crippen LogP) is 2.74. The van der Waals surface area contributed by atoms with Crippen molar-refractivity contribution in [2.45, 2.75) is 52.1 Å². The second-order valence-electron chi connectivity index (χ2n) is 7.04. The van der Waals surface area contributed by atoms with Crippen LogP contribution in [0.15, 0.2) is 24.3 Å². The van der Waals surface area contributed by atoms with Crippen molar-refractivity contribution in [1.82, 2.24) is 10.2 Å². The van der Waals surface area contributed by atoms with Gasteiger partial charge in [0.1, 0.15) is 11.3 Å². The average molecular weight is 332 g/mol. The molecule has 1 saturated heterocycles. The Morgan fingerprint density at radius 3 is 2.83 bits per heavy atom. The third kappa shape index (κ3) is 4.08. The van der Waals surface area contributed by atoms with Crippen molar-refractivity contribution >= 4 is 11.8 Å². The topological polar surface area (TPSA) is 58.6 Å². The first-order valence-corrected chi connectivity index (χ1v) is 8.58. The van der Waals surface area contributed by atoms with E-state index < -0.39 is 5.54 Å². The number of rotatable bonds is 7. The van der Waals surface area contributed by atoms with E-state index in [0.717, 1.165) is 17.7 Å². The number of methoxy groups -OCH3 is 1. The van der Waals surface area contributed by atoms with E-state index in [9.17, 15) is 9.59 Å². The molecule has 2 rings (SSSR count). The van der Waals surface area contributed by atoms with Crippen molar-refractivity contribution in [2.75, 3.05) is 13.7 Å². The van der Waals surface area contributed by atoms with Crippen LogP contribution in [0.5, 0.6) is 5.75 Å². The van der Waals surface area contributed by atoms with Crippen LogP contribution >= 0.6 is 0 Å². The zero-order valence-electron chi connectivity index (χ0n) is 15.1. The van der Waals surface area contributed by atoms with Crippen molar-refractivity contribution in [3.8, 4) is 5.75 Å². The molecule has 5 nitrogen and oxygen atoms in total. The Hall–Kier alpha value is -2.04. The number of nitrogens with zero attached hydrogens (tertiary/aromatic N) is 1. The van der Waals surface area contributed by atoms with Gasteiger partial charge in [-0.25, -0.2) is 0 Å². The smallest absolute Gasteiger partial charge is 0.245 e. The van der Waals surface area contributed by atoms with Gasteiger partial charge in [0.15, 0.2) is 0 Å². The second kappa shape index (κ2) is 7.69. The number of carbonyl (C=O) groups is 2. The first kappa shape index (κ1) is 18.3. The molecule has 0 saturated carbocycles. The molecule has 1 aliphatic heterocycles. The van der Waals surface area contributed by atoms with Crippen molar-refractivity contribution in [1.29, 1.82) is 0 Å². The number of ether oxygens (including phenoxy) is 1. The van der Waals surface area contributed by atoms with Crippen molar-refractivity contribution < 1.29 is 14.3 Å². The third-order valence-corrected chi connectivity index (χ3v) is 4.69. The van der Waals surface area contributed by atoms with E-state index >= 15 is 0 Å². The Morgan fingerprint density at radius 1 is 1.42 bits per heavy atom. The van der Waals surface area contributed by atoms with Crippen LogP contribution in [0.4, 0.5) is 0 Å². The van der Waals surface area contributed by atoms with Gasteiger partial charge >= 0.3 is 0 Å². The molecule has 2 amide bonds. The fourth-order valence-corrected chi connectivity index (χ4v) is 3.01.